The van der Waals surface area contributed by atoms with Crippen LogP contribution in [0.5, 0.6) is 17.2 Å². The molecule has 0 radical (unpaired) electrons. The van der Waals surface area contributed by atoms with Crippen molar-refractivity contribution >= 4 is 12.0 Å². The second-order valence-corrected chi connectivity index (χ2v) is 9.29. The molecule has 2 aliphatic heterocycles. The third-order valence-electron chi connectivity index (χ3n) is 6.41. The predicted octanol–water partition coefficient (Wildman–Crippen LogP) is 6.14. The zero-order valence-corrected chi connectivity index (χ0v) is 19.7. The molecule has 1 unspecified atom stereocenters. The van der Waals surface area contributed by atoms with Gasteiger partial charge in [-0.2, -0.15) is 0 Å². The average Bonchev–Trinajstić information content (AvgIpc) is 2.82. The molecule has 3 aromatic rings. The van der Waals surface area contributed by atoms with Crippen molar-refractivity contribution in [3.05, 3.63) is 82.4 Å². The molecule has 0 aromatic heterocycles. The highest BCUT2D eigenvalue weighted by Crippen LogP contribution is 2.43. The van der Waals surface area contributed by atoms with Gasteiger partial charge < -0.3 is 13.7 Å². The molecule has 5 heteroatoms. The summed E-state index contributed by atoms with van der Waals surface area (Å²) in [5, 5.41) is 0. The molecule has 0 spiro atoms. The summed E-state index contributed by atoms with van der Waals surface area (Å²) in [7, 11) is 1.71. The Bertz CT molecular complexity index is 1110. The van der Waals surface area contributed by atoms with Gasteiger partial charge in [-0.3, -0.25) is 4.90 Å². The van der Waals surface area contributed by atoms with Crippen LogP contribution >= 0.6 is 12.0 Å². The van der Waals surface area contributed by atoms with Crippen LogP contribution in [0.4, 0.5) is 0 Å². The van der Waals surface area contributed by atoms with Crippen LogP contribution in [0.25, 0.3) is 0 Å². The normalized spacial score (nSPS) is 17.2. The molecule has 166 valence electrons. The van der Waals surface area contributed by atoms with Crippen LogP contribution in [0.15, 0.2) is 59.5 Å². The van der Waals surface area contributed by atoms with E-state index < -0.39 is 0 Å². The molecule has 4 nitrogen and oxygen atoms in total. The number of fused-ring (bicyclic) bond motifs is 4. The first-order chi connectivity index (χ1) is 15.6. The van der Waals surface area contributed by atoms with E-state index in [-0.39, 0.29) is 0 Å². The van der Waals surface area contributed by atoms with E-state index in [2.05, 4.69) is 66.4 Å². The molecule has 5 rings (SSSR count). The van der Waals surface area contributed by atoms with E-state index in [1.807, 2.05) is 6.92 Å². The van der Waals surface area contributed by atoms with Crippen LogP contribution in [-0.2, 0) is 19.4 Å². The fourth-order valence-electron chi connectivity index (χ4n) is 4.74. The number of hydrogen-bond donors (Lipinski definition) is 0. The predicted molar refractivity (Wildman–Crippen MR) is 129 cm³/mol. The Kier molecular flexibility index (Phi) is 6.03. The minimum absolute atomic E-state index is 0.396. The second-order valence-electron chi connectivity index (χ2n) is 8.49. The van der Waals surface area contributed by atoms with Gasteiger partial charge in [0.15, 0.2) is 11.5 Å². The van der Waals surface area contributed by atoms with E-state index in [1.165, 1.54) is 39.9 Å². The standard InChI is InChI=1S/C27H29NO3S/c1-4-30-22-7-10-24-19(13-22)11-12-28-17-21-16-26(29-3)27(15-20(21)14-25(24)28)31-32-23-8-5-18(2)6-9-23/h5-10,13,15-16,25H,4,11-12,14,17H2,1-3H3. The third kappa shape index (κ3) is 4.19. The summed E-state index contributed by atoms with van der Waals surface area (Å²) in [5.41, 5.74) is 6.76. The highest BCUT2D eigenvalue weighted by Gasteiger charge is 2.33. The Balaban J connectivity index is 1.40. The number of nitrogens with zero attached hydrogens (tertiary/aromatic N) is 1. The van der Waals surface area contributed by atoms with Crippen LogP contribution in [-0.4, -0.2) is 25.2 Å². The van der Waals surface area contributed by atoms with E-state index in [1.54, 1.807) is 7.11 Å². The molecule has 0 fully saturated rings. The fourth-order valence-corrected chi connectivity index (χ4v) is 5.31. The Hall–Kier alpha value is -2.63. The zero-order valence-electron chi connectivity index (χ0n) is 18.9. The van der Waals surface area contributed by atoms with Gasteiger partial charge in [0, 0.05) is 24.0 Å². The van der Waals surface area contributed by atoms with Crippen molar-refractivity contribution in [2.45, 2.75) is 44.2 Å². The molecular weight excluding hydrogens is 418 g/mol. The monoisotopic (exact) mass is 447 g/mol. The minimum atomic E-state index is 0.396. The van der Waals surface area contributed by atoms with Gasteiger partial charge >= 0.3 is 0 Å². The van der Waals surface area contributed by atoms with Crippen molar-refractivity contribution in [1.82, 2.24) is 4.90 Å². The summed E-state index contributed by atoms with van der Waals surface area (Å²) in [6.07, 6.45) is 2.04. The zero-order chi connectivity index (χ0) is 22.1. The maximum atomic E-state index is 6.13. The number of hydrogen-bond acceptors (Lipinski definition) is 5. The molecule has 0 N–H and O–H groups in total. The highest BCUT2D eigenvalue weighted by molar-refractivity contribution is 7.95. The topological polar surface area (TPSA) is 30.9 Å². The number of rotatable bonds is 6. The SMILES string of the molecule is CCOc1ccc2c(c1)CCN1Cc3cc(OC)c(OSc4ccc(C)cc4)cc3CC21. The Morgan fingerprint density at radius 2 is 1.78 bits per heavy atom. The van der Waals surface area contributed by atoms with E-state index in [4.69, 9.17) is 13.7 Å². The average molecular weight is 448 g/mol. The summed E-state index contributed by atoms with van der Waals surface area (Å²) in [6, 6.07) is 19.7. The Morgan fingerprint density at radius 1 is 0.969 bits per heavy atom. The lowest BCUT2D eigenvalue weighted by atomic mass is 9.84. The van der Waals surface area contributed by atoms with E-state index >= 15 is 0 Å². The Morgan fingerprint density at radius 3 is 2.56 bits per heavy atom. The number of ether oxygens (including phenoxy) is 2. The minimum Gasteiger partial charge on any atom is -0.494 e. The third-order valence-corrected chi connectivity index (χ3v) is 7.14. The van der Waals surface area contributed by atoms with Crippen molar-refractivity contribution in [3.8, 4) is 17.2 Å². The molecule has 0 saturated heterocycles. The number of methoxy groups -OCH3 is 1. The lowest BCUT2D eigenvalue weighted by molar-refractivity contribution is 0.160. The van der Waals surface area contributed by atoms with Gasteiger partial charge in [-0.25, -0.2) is 0 Å². The van der Waals surface area contributed by atoms with Crippen molar-refractivity contribution in [2.75, 3.05) is 20.3 Å². The first-order valence-electron chi connectivity index (χ1n) is 11.2. The summed E-state index contributed by atoms with van der Waals surface area (Å²) in [4.78, 5) is 3.67. The summed E-state index contributed by atoms with van der Waals surface area (Å²) >= 11 is 1.38. The molecule has 0 bridgehead atoms. The molecule has 0 aliphatic carbocycles. The van der Waals surface area contributed by atoms with Crippen LogP contribution in [0, 0.1) is 6.92 Å². The largest absolute Gasteiger partial charge is 0.494 e. The second kappa shape index (κ2) is 9.08. The van der Waals surface area contributed by atoms with Crippen LogP contribution in [0.2, 0.25) is 0 Å². The van der Waals surface area contributed by atoms with Crippen LogP contribution < -0.4 is 13.7 Å². The van der Waals surface area contributed by atoms with Gasteiger partial charge in [0.2, 0.25) is 0 Å². The first-order valence-corrected chi connectivity index (χ1v) is 12.0. The summed E-state index contributed by atoms with van der Waals surface area (Å²) in [6.45, 7) is 6.83. The van der Waals surface area contributed by atoms with E-state index in [0.29, 0.717) is 12.6 Å². The van der Waals surface area contributed by atoms with Gasteiger partial charge in [0.1, 0.15) is 5.75 Å². The number of benzene rings is 3. The van der Waals surface area contributed by atoms with Gasteiger partial charge in [-0.15, -0.1) is 0 Å². The quantitative estimate of drug-likeness (QED) is 0.423. The fraction of sp³-hybridized carbons (Fsp3) is 0.333. The molecule has 2 aliphatic rings. The van der Waals surface area contributed by atoms with Crippen LogP contribution in [0.3, 0.4) is 0 Å². The lowest BCUT2D eigenvalue weighted by Gasteiger charge is -2.41. The molecule has 0 saturated carbocycles. The summed E-state index contributed by atoms with van der Waals surface area (Å²) in [5.74, 6) is 2.55. The van der Waals surface area contributed by atoms with Gasteiger partial charge in [-0.05, 0) is 85.3 Å². The van der Waals surface area contributed by atoms with Gasteiger partial charge in [-0.1, -0.05) is 23.8 Å². The molecule has 2 heterocycles. The number of aryl methyl sites for hydroxylation is 1. The highest BCUT2D eigenvalue weighted by atomic mass is 32.2. The molecule has 0 amide bonds. The maximum Gasteiger partial charge on any atom is 0.179 e. The lowest BCUT2D eigenvalue weighted by Crippen LogP contribution is -2.39. The Labute approximate surface area is 194 Å². The molecular formula is C27H29NO3S. The molecule has 3 aromatic carbocycles. The first kappa shape index (κ1) is 21.2. The molecule has 32 heavy (non-hydrogen) atoms. The van der Waals surface area contributed by atoms with Crippen molar-refractivity contribution in [1.29, 1.82) is 0 Å². The smallest absolute Gasteiger partial charge is 0.179 e. The van der Waals surface area contributed by atoms with Crippen LogP contribution in [0.1, 0.15) is 40.8 Å². The van der Waals surface area contributed by atoms with E-state index in [0.717, 1.165) is 48.1 Å². The van der Waals surface area contributed by atoms with Crippen molar-refractivity contribution in [2.24, 2.45) is 0 Å². The molecule has 1 atom stereocenters. The summed E-state index contributed by atoms with van der Waals surface area (Å²) < 4.78 is 17.5. The van der Waals surface area contributed by atoms with E-state index in [9.17, 15) is 0 Å². The maximum absolute atomic E-state index is 6.13. The van der Waals surface area contributed by atoms with Gasteiger partial charge in [0.05, 0.1) is 25.8 Å². The van der Waals surface area contributed by atoms with Crippen molar-refractivity contribution in [3.63, 3.8) is 0 Å². The van der Waals surface area contributed by atoms with Crippen molar-refractivity contribution < 1.29 is 13.7 Å². The van der Waals surface area contributed by atoms with Gasteiger partial charge in [0.25, 0.3) is 0 Å².